The lowest BCUT2D eigenvalue weighted by Gasteiger charge is -2.30. The summed E-state index contributed by atoms with van der Waals surface area (Å²) in [7, 11) is 0. The molecule has 2 N–H and O–H groups in total. The van der Waals surface area contributed by atoms with Gasteiger partial charge in [-0.2, -0.15) is 0 Å². The van der Waals surface area contributed by atoms with Gasteiger partial charge < -0.3 is 10.4 Å². The summed E-state index contributed by atoms with van der Waals surface area (Å²) in [4.78, 5) is 5.37. The lowest BCUT2D eigenvalue weighted by Crippen LogP contribution is -2.37. The molecule has 4 heteroatoms. The zero-order valence-corrected chi connectivity index (χ0v) is 11.1. The second-order valence-electron chi connectivity index (χ2n) is 4.87. The van der Waals surface area contributed by atoms with Crippen LogP contribution in [0.3, 0.4) is 0 Å². The van der Waals surface area contributed by atoms with E-state index in [-0.39, 0.29) is 6.61 Å². The number of nitrogens with one attached hydrogen (secondary N) is 1. The molecule has 1 atom stereocenters. The van der Waals surface area contributed by atoms with Gasteiger partial charge in [-0.15, -0.1) is 11.3 Å². The topological polar surface area (TPSA) is 45.1 Å². The van der Waals surface area contributed by atoms with Gasteiger partial charge in [0.15, 0.2) is 0 Å². The molecule has 1 aromatic rings. The van der Waals surface area contributed by atoms with Crippen molar-refractivity contribution in [1.29, 1.82) is 0 Å². The molecule has 1 saturated carbocycles. The van der Waals surface area contributed by atoms with Gasteiger partial charge in [0.25, 0.3) is 0 Å². The smallest absolute Gasteiger partial charge is 0.0794 e. The average molecular weight is 254 g/mol. The highest BCUT2D eigenvalue weighted by atomic mass is 32.1. The third kappa shape index (κ3) is 4.05. The second kappa shape index (κ2) is 7.09. The lowest BCUT2D eigenvalue weighted by molar-refractivity contribution is 0.206. The molecular formula is C13H22N2OS. The Hall–Kier alpha value is -0.450. The van der Waals surface area contributed by atoms with Crippen LogP contribution in [0.15, 0.2) is 11.7 Å². The van der Waals surface area contributed by atoms with Gasteiger partial charge in [-0.3, -0.25) is 4.98 Å². The van der Waals surface area contributed by atoms with E-state index in [4.69, 9.17) is 0 Å². The van der Waals surface area contributed by atoms with Crippen LogP contribution in [0.25, 0.3) is 0 Å². The number of nitrogens with zero attached hydrogens (tertiary/aromatic N) is 1. The van der Waals surface area contributed by atoms with E-state index in [1.54, 1.807) is 11.3 Å². The maximum atomic E-state index is 9.17. The highest BCUT2D eigenvalue weighted by Crippen LogP contribution is 2.28. The molecule has 0 aliphatic heterocycles. The first kappa shape index (κ1) is 13.0. The lowest BCUT2D eigenvalue weighted by atomic mass is 9.83. The Kier molecular flexibility index (Phi) is 5.42. The summed E-state index contributed by atoms with van der Waals surface area (Å²) < 4.78 is 0. The minimum absolute atomic E-state index is 0.289. The zero-order valence-electron chi connectivity index (χ0n) is 10.3. The van der Waals surface area contributed by atoms with E-state index in [2.05, 4.69) is 10.3 Å². The minimum atomic E-state index is 0.289. The Morgan fingerprint density at radius 2 is 2.24 bits per heavy atom. The quantitative estimate of drug-likeness (QED) is 0.820. The summed E-state index contributed by atoms with van der Waals surface area (Å²) in [6, 6.07) is 0.474. The molecule has 0 bridgehead atoms. The largest absolute Gasteiger partial charge is 0.396 e. The fraction of sp³-hybridized carbons (Fsp3) is 0.769. The van der Waals surface area contributed by atoms with Gasteiger partial charge in [-0.1, -0.05) is 19.3 Å². The van der Waals surface area contributed by atoms with E-state index in [0.29, 0.717) is 6.04 Å². The normalized spacial score (nSPS) is 19.4. The van der Waals surface area contributed by atoms with Gasteiger partial charge >= 0.3 is 0 Å². The second-order valence-corrected chi connectivity index (χ2v) is 5.84. The van der Waals surface area contributed by atoms with E-state index < -0.39 is 0 Å². The van der Waals surface area contributed by atoms with E-state index in [9.17, 15) is 5.11 Å². The first-order valence-corrected chi connectivity index (χ1v) is 7.49. The molecule has 96 valence electrons. The predicted molar refractivity (Wildman–Crippen MR) is 71.0 cm³/mol. The van der Waals surface area contributed by atoms with Crippen LogP contribution in [0.4, 0.5) is 0 Å². The van der Waals surface area contributed by atoms with Crippen LogP contribution in [0, 0.1) is 5.92 Å². The van der Waals surface area contributed by atoms with Crippen molar-refractivity contribution in [2.24, 2.45) is 5.92 Å². The van der Waals surface area contributed by atoms with Gasteiger partial charge in [0, 0.05) is 30.3 Å². The van der Waals surface area contributed by atoms with Gasteiger partial charge in [0.1, 0.15) is 0 Å². The molecule has 2 rings (SSSR count). The summed E-state index contributed by atoms with van der Waals surface area (Å²) >= 11 is 1.69. The predicted octanol–water partition coefficient (Wildman–Crippen LogP) is 2.56. The Morgan fingerprint density at radius 1 is 1.41 bits per heavy atom. The highest BCUT2D eigenvalue weighted by molar-refractivity contribution is 7.09. The van der Waals surface area contributed by atoms with Crippen LogP contribution in [0.5, 0.6) is 0 Å². The van der Waals surface area contributed by atoms with E-state index >= 15 is 0 Å². The van der Waals surface area contributed by atoms with Crippen molar-refractivity contribution in [2.45, 2.75) is 51.1 Å². The molecule has 0 saturated heterocycles. The molecular weight excluding hydrogens is 232 g/mol. The van der Waals surface area contributed by atoms with Crippen LogP contribution in [0.2, 0.25) is 0 Å². The van der Waals surface area contributed by atoms with Gasteiger partial charge in [0.05, 0.1) is 5.51 Å². The maximum Gasteiger partial charge on any atom is 0.0794 e. The van der Waals surface area contributed by atoms with Crippen molar-refractivity contribution >= 4 is 11.3 Å². The first-order chi connectivity index (χ1) is 8.40. The Labute approximate surface area is 107 Å². The Bertz CT molecular complexity index is 296. The van der Waals surface area contributed by atoms with E-state index in [1.807, 2.05) is 11.7 Å². The zero-order chi connectivity index (χ0) is 11.9. The number of aliphatic hydroxyl groups excluding tert-OH is 1. The molecule has 1 heterocycles. The van der Waals surface area contributed by atoms with Gasteiger partial charge in [-0.25, -0.2) is 0 Å². The van der Waals surface area contributed by atoms with E-state index in [0.717, 1.165) is 18.9 Å². The van der Waals surface area contributed by atoms with Crippen LogP contribution >= 0.6 is 11.3 Å². The Morgan fingerprint density at radius 3 is 2.88 bits per heavy atom. The van der Waals surface area contributed by atoms with Crippen molar-refractivity contribution in [3.63, 3.8) is 0 Å². The molecule has 0 aromatic carbocycles. The number of rotatable bonds is 6. The van der Waals surface area contributed by atoms with Crippen molar-refractivity contribution in [1.82, 2.24) is 10.3 Å². The third-order valence-corrected chi connectivity index (χ3v) is 4.46. The molecule has 1 fully saturated rings. The SMILES string of the molecule is OCCC(NCc1cncs1)C1CCCCC1. The van der Waals surface area contributed by atoms with Crippen molar-refractivity contribution < 1.29 is 5.11 Å². The fourth-order valence-electron chi connectivity index (χ4n) is 2.74. The number of hydrogen-bond donors (Lipinski definition) is 2. The molecule has 1 unspecified atom stereocenters. The molecule has 0 radical (unpaired) electrons. The third-order valence-electron chi connectivity index (χ3n) is 3.68. The van der Waals surface area contributed by atoms with Gasteiger partial charge in [0.2, 0.25) is 0 Å². The van der Waals surface area contributed by atoms with Crippen molar-refractivity contribution in [2.75, 3.05) is 6.61 Å². The molecule has 1 aliphatic carbocycles. The highest BCUT2D eigenvalue weighted by Gasteiger charge is 2.22. The first-order valence-electron chi connectivity index (χ1n) is 6.61. The van der Waals surface area contributed by atoms with Crippen LogP contribution in [-0.2, 0) is 6.54 Å². The maximum absolute atomic E-state index is 9.17. The van der Waals surface area contributed by atoms with Crippen LogP contribution in [0.1, 0.15) is 43.4 Å². The molecule has 0 spiro atoms. The number of aliphatic hydroxyl groups is 1. The number of thiazole rings is 1. The average Bonchev–Trinajstić information content (AvgIpc) is 2.88. The molecule has 3 nitrogen and oxygen atoms in total. The summed E-state index contributed by atoms with van der Waals surface area (Å²) in [5, 5.41) is 12.8. The Balaban J connectivity index is 1.82. The van der Waals surface area contributed by atoms with Crippen molar-refractivity contribution in [3.8, 4) is 0 Å². The number of aromatic nitrogens is 1. The molecule has 0 amide bonds. The summed E-state index contributed by atoms with van der Waals surface area (Å²) in [6.07, 6.45) is 9.54. The fourth-order valence-corrected chi connectivity index (χ4v) is 3.29. The molecule has 1 aromatic heterocycles. The molecule has 1 aliphatic rings. The molecule has 17 heavy (non-hydrogen) atoms. The van der Waals surface area contributed by atoms with E-state index in [1.165, 1.54) is 37.0 Å². The van der Waals surface area contributed by atoms with Crippen LogP contribution in [-0.4, -0.2) is 22.7 Å². The summed E-state index contributed by atoms with van der Waals surface area (Å²) in [5.74, 6) is 0.754. The monoisotopic (exact) mass is 254 g/mol. The minimum Gasteiger partial charge on any atom is -0.396 e. The summed E-state index contributed by atoms with van der Waals surface area (Å²) in [6.45, 7) is 1.18. The van der Waals surface area contributed by atoms with Crippen LogP contribution < -0.4 is 5.32 Å². The number of hydrogen-bond acceptors (Lipinski definition) is 4. The summed E-state index contributed by atoms with van der Waals surface area (Å²) in [5.41, 5.74) is 1.87. The standard InChI is InChI=1S/C13H22N2OS/c16-7-6-13(11-4-2-1-3-5-11)15-9-12-8-14-10-17-12/h8,10-11,13,15-16H,1-7,9H2. The van der Waals surface area contributed by atoms with Crippen molar-refractivity contribution in [3.05, 3.63) is 16.6 Å². The van der Waals surface area contributed by atoms with Gasteiger partial charge in [-0.05, 0) is 25.2 Å².